The Morgan fingerprint density at radius 1 is 1.04 bits per heavy atom. The number of nitrogens with one attached hydrogen (secondary N) is 2. The van der Waals surface area contributed by atoms with Gasteiger partial charge < -0.3 is 30.4 Å². The van der Waals surface area contributed by atoms with E-state index in [1.54, 1.807) is 45.4 Å². The van der Waals surface area contributed by atoms with E-state index in [0.717, 1.165) is 0 Å². The van der Waals surface area contributed by atoms with Crippen LogP contribution < -0.4 is 25.8 Å². The highest BCUT2D eigenvalue weighted by molar-refractivity contribution is 5.81. The number of nitrogens with two attached hydrogens (primary N) is 1. The highest BCUT2D eigenvalue weighted by atomic mass is 16.5. The molecule has 0 bridgehead atoms. The molecule has 0 atom stereocenters. The van der Waals surface area contributed by atoms with Gasteiger partial charge in [-0.25, -0.2) is 9.97 Å². The first kappa shape index (κ1) is 16.4. The van der Waals surface area contributed by atoms with Crippen molar-refractivity contribution in [2.75, 3.05) is 30.6 Å². The number of aryl methyl sites for hydroxylation is 1. The molecule has 9 nitrogen and oxygen atoms in total. The molecule has 0 aliphatic heterocycles. The number of hydrogen-bond donors (Lipinski definition) is 3. The van der Waals surface area contributed by atoms with Crippen molar-refractivity contribution < 1.29 is 14.0 Å². The van der Waals surface area contributed by atoms with Crippen molar-refractivity contribution in [2.45, 2.75) is 6.92 Å². The normalized spacial score (nSPS) is 10.4. The quantitative estimate of drug-likeness (QED) is 0.621. The van der Waals surface area contributed by atoms with Gasteiger partial charge in [0.2, 0.25) is 0 Å². The fourth-order valence-electron chi connectivity index (χ4n) is 2.18. The smallest absolute Gasteiger partial charge is 0.175 e. The zero-order chi connectivity index (χ0) is 17.8. The highest BCUT2D eigenvalue weighted by Crippen LogP contribution is 2.34. The summed E-state index contributed by atoms with van der Waals surface area (Å²) in [6.45, 7) is 1.80. The lowest BCUT2D eigenvalue weighted by atomic mass is 10.2. The van der Waals surface area contributed by atoms with Crippen molar-refractivity contribution in [3.8, 4) is 11.5 Å². The average molecular weight is 342 g/mol. The van der Waals surface area contributed by atoms with Crippen LogP contribution in [0.2, 0.25) is 0 Å². The minimum atomic E-state index is 0.327. The van der Waals surface area contributed by atoms with Crippen LogP contribution in [0.1, 0.15) is 5.76 Å². The van der Waals surface area contributed by atoms with Crippen LogP contribution in [0, 0.1) is 6.92 Å². The maximum absolute atomic E-state index is 6.17. The van der Waals surface area contributed by atoms with E-state index in [2.05, 4.69) is 25.8 Å². The third-order valence-electron chi connectivity index (χ3n) is 3.42. The van der Waals surface area contributed by atoms with E-state index < -0.39 is 0 Å². The molecule has 0 saturated heterocycles. The molecule has 0 unspecified atom stereocenters. The molecule has 0 aliphatic rings. The largest absolute Gasteiger partial charge is 0.497 e. The summed E-state index contributed by atoms with van der Waals surface area (Å²) in [7, 11) is 3.17. The minimum Gasteiger partial charge on any atom is -0.497 e. The van der Waals surface area contributed by atoms with Crippen molar-refractivity contribution in [1.82, 2.24) is 15.1 Å². The van der Waals surface area contributed by atoms with Gasteiger partial charge in [-0.2, -0.15) is 0 Å². The molecule has 2 aromatic heterocycles. The van der Waals surface area contributed by atoms with Gasteiger partial charge in [-0.1, -0.05) is 5.16 Å². The Morgan fingerprint density at radius 3 is 2.44 bits per heavy atom. The molecule has 0 aliphatic carbocycles. The molecule has 0 fully saturated rings. The summed E-state index contributed by atoms with van der Waals surface area (Å²) in [5.74, 6) is 3.31. The molecule has 0 amide bonds. The molecular weight excluding hydrogens is 324 g/mol. The number of methoxy groups -OCH3 is 2. The molecule has 3 rings (SSSR count). The zero-order valence-corrected chi connectivity index (χ0v) is 14.0. The summed E-state index contributed by atoms with van der Waals surface area (Å²) in [4.78, 5) is 8.32. The number of ether oxygens (including phenoxy) is 2. The predicted molar refractivity (Wildman–Crippen MR) is 93.8 cm³/mol. The Labute approximate surface area is 144 Å². The third-order valence-corrected chi connectivity index (χ3v) is 3.42. The van der Waals surface area contributed by atoms with Crippen LogP contribution >= 0.6 is 0 Å². The molecular formula is C16H18N6O3. The molecule has 1 aromatic carbocycles. The van der Waals surface area contributed by atoms with Crippen LogP contribution in [-0.4, -0.2) is 29.3 Å². The van der Waals surface area contributed by atoms with E-state index in [-0.39, 0.29) is 0 Å². The third kappa shape index (κ3) is 3.55. The second-order valence-electron chi connectivity index (χ2n) is 5.12. The van der Waals surface area contributed by atoms with E-state index >= 15 is 0 Å². The summed E-state index contributed by atoms with van der Waals surface area (Å²) in [6.07, 6.45) is 1.39. The van der Waals surface area contributed by atoms with Crippen LogP contribution in [0.5, 0.6) is 11.5 Å². The molecule has 25 heavy (non-hydrogen) atoms. The fraction of sp³-hybridized carbons (Fsp3) is 0.188. The van der Waals surface area contributed by atoms with E-state index in [0.29, 0.717) is 46.1 Å². The van der Waals surface area contributed by atoms with Gasteiger partial charge in [0.1, 0.15) is 29.3 Å². The highest BCUT2D eigenvalue weighted by Gasteiger charge is 2.13. The van der Waals surface area contributed by atoms with Crippen LogP contribution in [-0.2, 0) is 0 Å². The van der Waals surface area contributed by atoms with Crippen molar-refractivity contribution in [3.05, 3.63) is 36.4 Å². The van der Waals surface area contributed by atoms with E-state index in [1.165, 1.54) is 6.33 Å². The lowest BCUT2D eigenvalue weighted by Gasteiger charge is -2.14. The second-order valence-corrected chi connectivity index (χ2v) is 5.12. The van der Waals surface area contributed by atoms with Gasteiger partial charge in [0.05, 0.1) is 19.9 Å². The molecule has 4 N–H and O–H groups in total. The molecule has 2 heterocycles. The van der Waals surface area contributed by atoms with E-state index in [1.807, 2.05) is 0 Å². The van der Waals surface area contributed by atoms with Gasteiger partial charge >= 0.3 is 0 Å². The molecule has 0 saturated carbocycles. The monoisotopic (exact) mass is 342 g/mol. The minimum absolute atomic E-state index is 0.327. The first-order valence-corrected chi connectivity index (χ1v) is 7.40. The second kappa shape index (κ2) is 6.95. The van der Waals surface area contributed by atoms with Gasteiger partial charge in [-0.05, 0) is 19.1 Å². The summed E-state index contributed by atoms with van der Waals surface area (Å²) < 4.78 is 15.6. The standard InChI is InChI=1S/C16H18N6O3/c1-9-6-13(22-25-9)21-16-14(17)15(18-8-19-16)20-11-7-10(23-2)4-5-12(11)24-3/h4-8H,17H2,1-3H3,(H2,18,19,20,21,22). The summed E-state index contributed by atoms with van der Waals surface area (Å²) in [5.41, 5.74) is 7.16. The predicted octanol–water partition coefficient (Wildman–Crippen LogP) is 2.86. The van der Waals surface area contributed by atoms with Crippen molar-refractivity contribution in [2.24, 2.45) is 0 Å². The average Bonchev–Trinajstić information content (AvgIpc) is 3.03. The molecule has 130 valence electrons. The Bertz CT molecular complexity index is 880. The number of rotatable bonds is 6. The topological polar surface area (TPSA) is 120 Å². The zero-order valence-electron chi connectivity index (χ0n) is 14.0. The molecule has 0 radical (unpaired) electrons. The first-order valence-electron chi connectivity index (χ1n) is 7.40. The number of benzene rings is 1. The Balaban J connectivity index is 1.89. The van der Waals surface area contributed by atoms with Crippen LogP contribution in [0.4, 0.5) is 28.8 Å². The van der Waals surface area contributed by atoms with Crippen molar-refractivity contribution in [3.63, 3.8) is 0 Å². The van der Waals surface area contributed by atoms with E-state index in [9.17, 15) is 0 Å². The lowest BCUT2D eigenvalue weighted by Crippen LogP contribution is -2.06. The van der Waals surface area contributed by atoms with Gasteiger partial charge in [0, 0.05) is 12.1 Å². The molecule has 0 spiro atoms. The maximum Gasteiger partial charge on any atom is 0.175 e. The SMILES string of the molecule is COc1ccc(OC)c(Nc2ncnc(Nc3cc(C)on3)c2N)c1. The summed E-state index contributed by atoms with van der Waals surface area (Å²) >= 11 is 0. The number of hydrogen-bond acceptors (Lipinski definition) is 9. The molecule has 3 aromatic rings. The lowest BCUT2D eigenvalue weighted by molar-refractivity contribution is 0.400. The van der Waals surface area contributed by atoms with Gasteiger partial charge in [-0.3, -0.25) is 0 Å². The number of aromatic nitrogens is 3. The van der Waals surface area contributed by atoms with Gasteiger partial charge in [-0.15, -0.1) is 0 Å². The first-order chi connectivity index (χ1) is 12.1. The maximum atomic E-state index is 6.17. The number of nitrogen functional groups attached to an aromatic ring is 1. The van der Waals surface area contributed by atoms with E-state index in [4.69, 9.17) is 19.7 Å². The molecule has 9 heteroatoms. The number of nitrogens with zero attached hydrogens (tertiary/aromatic N) is 3. The van der Waals surface area contributed by atoms with Crippen LogP contribution in [0.3, 0.4) is 0 Å². The van der Waals surface area contributed by atoms with Gasteiger partial charge in [0.15, 0.2) is 17.5 Å². The number of anilines is 5. The summed E-state index contributed by atoms with van der Waals surface area (Å²) in [6, 6.07) is 7.11. The Morgan fingerprint density at radius 2 is 1.80 bits per heavy atom. The van der Waals surface area contributed by atoms with Crippen LogP contribution in [0.15, 0.2) is 35.1 Å². The van der Waals surface area contributed by atoms with Crippen molar-refractivity contribution >= 4 is 28.8 Å². The van der Waals surface area contributed by atoms with Crippen molar-refractivity contribution in [1.29, 1.82) is 0 Å². The Kier molecular flexibility index (Phi) is 4.55. The fourth-order valence-corrected chi connectivity index (χ4v) is 2.18. The van der Waals surface area contributed by atoms with Crippen LogP contribution in [0.25, 0.3) is 0 Å². The summed E-state index contributed by atoms with van der Waals surface area (Å²) in [5, 5.41) is 9.98. The van der Waals surface area contributed by atoms with Gasteiger partial charge in [0.25, 0.3) is 0 Å². The Hall–Kier alpha value is -3.49.